The number of nitrogens with zero attached hydrogens (tertiary/aromatic N) is 1. The summed E-state index contributed by atoms with van der Waals surface area (Å²) in [6, 6.07) is 10.5. The summed E-state index contributed by atoms with van der Waals surface area (Å²) in [5.74, 6) is 0.0293. The van der Waals surface area contributed by atoms with E-state index < -0.39 is 0 Å². The molecule has 1 atom stereocenters. The standard InChI is InChI=1S/C18H23N3O.ClH/c1-12-6-4-5-7-17(12)21-13(2)10-16(14(21)3)18(22)20-15-8-9-19-11-15;/h4-7,10,15,19H,8-9,11H2,1-3H3,(H,20,22);1H. The highest BCUT2D eigenvalue weighted by atomic mass is 35.5. The van der Waals surface area contributed by atoms with Crippen LogP contribution >= 0.6 is 12.4 Å². The largest absolute Gasteiger partial charge is 0.348 e. The number of aromatic nitrogens is 1. The van der Waals surface area contributed by atoms with E-state index in [-0.39, 0.29) is 24.4 Å². The van der Waals surface area contributed by atoms with Crippen molar-refractivity contribution < 1.29 is 4.79 Å². The Labute approximate surface area is 143 Å². The average Bonchev–Trinajstić information content (AvgIpc) is 3.08. The molecule has 1 aromatic heterocycles. The second-order valence-electron chi connectivity index (χ2n) is 6.07. The zero-order chi connectivity index (χ0) is 15.7. The number of hydrogen-bond acceptors (Lipinski definition) is 2. The molecule has 2 aromatic rings. The van der Waals surface area contributed by atoms with Crippen LogP contribution in [-0.2, 0) is 0 Å². The van der Waals surface area contributed by atoms with E-state index >= 15 is 0 Å². The lowest BCUT2D eigenvalue weighted by molar-refractivity contribution is 0.0939. The first-order chi connectivity index (χ1) is 10.6. The summed E-state index contributed by atoms with van der Waals surface area (Å²) in [5.41, 5.74) is 5.19. The number of rotatable bonds is 3. The molecule has 1 aliphatic heterocycles. The van der Waals surface area contributed by atoms with Crippen LogP contribution in [0, 0.1) is 20.8 Å². The van der Waals surface area contributed by atoms with Crippen molar-refractivity contribution in [3.8, 4) is 5.69 Å². The number of nitrogens with one attached hydrogen (secondary N) is 2. The molecule has 1 aromatic carbocycles. The van der Waals surface area contributed by atoms with Gasteiger partial charge in [-0.1, -0.05) is 18.2 Å². The molecule has 4 nitrogen and oxygen atoms in total. The molecule has 1 fully saturated rings. The molecule has 1 aliphatic rings. The molecule has 1 unspecified atom stereocenters. The van der Waals surface area contributed by atoms with Crippen molar-refractivity contribution in [1.82, 2.24) is 15.2 Å². The zero-order valence-electron chi connectivity index (χ0n) is 13.8. The van der Waals surface area contributed by atoms with Crippen LogP contribution in [0.15, 0.2) is 30.3 Å². The molecule has 1 saturated heterocycles. The van der Waals surface area contributed by atoms with Gasteiger partial charge in [-0.2, -0.15) is 0 Å². The summed E-state index contributed by atoms with van der Waals surface area (Å²) in [6.45, 7) is 8.00. The first-order valence-corrected chi connectivity index (χ1v) is 7.84. The van der Waals surface area contributed by atoms with Crippen LogP contribution in [0.2, 0.25) is 0 Å². The summed E-state index contributed by atoms with van der Waals surface area (Å²) in [6.07, 6.45) is 1.00. The van der Waals surface area contributed by atoms with Crippen molar-refractivity contribution in [3.05, 3.63) is 52.8 Å². The number of amides is 1. The van der Waals surface area contributed by atoms with Gasteiger partial charge in [0.05, 0.1) is 5.56 Å². The minimum Gasteiger partial charge on any atom is -0.348 e. The van der Waals surface area contributed by atoms with Gasteiger partial charge in [-0.25, -0.2) is 0 Å². The molecule has 0 spiro atoms. The molecule has 23 heavy (non-hydrogen) atoms. The summed E-state index contributed by atoms with van der Waals surface area (Å²) in [4.78, 5) is 12.6. The zero-order valence-corrected chi connectivity index (χ0v) is 14.7. The number of aryl methyl sites for hydroxylation is 2. The maximum atomic E-state index is 12.6. The number of para-hydroxylation sites is 1. The second-order valence-corrected chi connectivity index (χ2v) is 6.07. The number of halogens is 1. The Balaban J connectivity index is 0.00000192. The van der Waals surface area contributed by atoms with E-state index in [0.29, 0.717) is 0 Å². The predicted molar refractivity (Wildman–Crippen MR) is 96.0 cm³/mol. The lowest BCUT2D eigenvalue weighted by Gasteiger charge is -2.14. The van der Waals surface area contributed by atoms with E-state index in [2.05, 4.69) is 34.3 Å². The number of carbonyl (C=O) groups excluding carboxylic acids is 1. The molecule has 1 amide bonds. The van der Waals surface area contributed by atoms with Crippen molar-refractivity contribution in [2.45, 2.75) is 33.2 Å². The van der Waals surface area contributed by atoms with Crippen LogP contribution in [0.25, 0.3) is 5.69 Å². The maximum Gasteiger partial charge on any atom is 0.253 e. The fourth-order valence-corrected chi connectivity index (χ4v) is 3.22. The van der Waals surface area contributed by atoms with Crippen molar-refractivity contribution >= 4 is 18.3 Å². The first kappa shape index (κ1) is 17.6. The van der Waals surface area contributed by atoms with Crippen LogP contribution in [0.3, 0.4) is 0 Å². The van der Waals surface area contributed by atoms with Gasteiger partial charge in [0.15, 0.2) is 0 Å². The quantitative estimate of drug-likeness (QED) is 0.907. The van der Waals surface area contributed by atoms with Gasteiger partial charge in [-0.3, -0.25) is 4.79 Å². The highest BCUT2D eigenvalue weighted by Crippen LogP contribution is 2.23. The van der Waals surface area contributed by atoms with Crippen molar-refractivity contribution in [1.29, 1.82) is 0 Å². The Morgan fingerprint density at radius 2 is 2.00 bits per heavy atom. The third-order valence-corrected chi connectivity index (χ3v) is 4.43. The number of hydrogen-bond donors (Lipinski definition) is 2. The van der Waals surface area contributed by atoms with Crippen molar-refractivity contribution in [3.63, 3.8) is 0 Å². The van der Waals surface area contributed by atoms with Crippen LogP contribution in [0.4, 0.5) is 0 Å². The van der Waals surface area contributed by atoms with E-state index in [1.54, 1.807) is 0 Å². The third-order valence-electron chi connectivity index (χ3n) is 4.43. The summed E-state index contributed by atoms with van der Waals surface area (Å²) < 4.78 is 2.16. The second kappa shape index (κ2) is 7.20. The molecule has 0 bridgehead atoms. The van der Waals surface area contributed by atoms with Gasteiger partial charge in [0.25, 0.3) is 5.91 Å². The van der Waals surface area contributed by atoms with E-state index in [1.165, 1.54) is 5.56 Å². The average molecular weight is 334 g/mol. The normalized spacial score (nSPS) is 16.9. The van der Waals surface area contributed by atoms with Crippen molar-refractivity contribution in [2.24, 2.45) is 0 Å². The van der Waals surface area contributed by atoms with Gasteiger partial charge in [-0.15, -0.1) is 12.4 Å². The smallest absolute Gasteiger partial charge is 0.253 e. The van der Waals surface area contributed by atoms with E-state index in [1.807, 2.05) is 32.0 Å². The Hall–Kier alpha value is -1.78. The number of carbonyl (C=O) groups is 1. The minimum absolute atomic E-state index is 0. The SMILES string of the molecule is Cc1ccccc1-n1c(C)cc(C(=O)NC2CCNC2)c1C.Cl. The molecule has 0 radical (unpaired) electrons. The highest BCUT2D eigenvalue weighted by Gasteiger charge is 2.21. The fourth-order valence-electron chi connectivity index (χ4n) is 3.22. The molecule has 124 valence electrons. The Morgan fingerprint density at radius 3 is 2.65 bits per heavy atom. The monoisotopic (exact) mass is 333 g/mol. The molecule has 3 rings (SSSR count). The van der Waals surface area contributed by atoms with Gasteiger partial charge in [0.1, 0.15) is 0 Å². The van der Waals surface area contributed by atoms with Crippen LogP contribution in [0.5, 0.6) is 0 Å². The number of benzene rings is 1. The van der Waals surface area contributed by atoms with Crippen molar-refractivity contribution in [2.75, 3.05) is 13.1 Å². The van der Waals surface area contributed by atoms with E-state index in [9.17, 15) is 4.79 Å². The van der Waals surface area contributed by atoms with Gasteiger partial charge >= 0.3 is 0 Å². The first-order valence-electron chi connectivity index (χ1n) is 7.84. The lowest BCUT2D eigenvalue weighted by atomic mass is 10.2. The van der Waals surface area contributed by atoms with Crippen LogP contribution in [0.1, 0.15) is 33.7 Å². The molecule has 5 heteroatoms. The van der Waals surface area contributed by atoms with Crippen LogP contribution in [-0.4, -0.2) is 29.6 Å². The third kappa shape index (κ3) is 3.43. The summed E-state index contributed by atoms with van der Waals surface area (Å²) in [7, 11) is 0. The fraction of sp³-hybridized carbons (Fsp3) is 0.389. The minimum atomic E-state index is 0. The van der Waals surface area contributed by atoms with Gasteiger partial charge in [0.2, 0.25) is 0 Å². The summed E-state index contributed by atoms with van der Waals surface area (Å²) in [5, 5.41) is 6.40. The lowest BCUT2D eigenvalue weighted by Crippen LogP contribution is -2.36. The Kier molecular flexibility index (Phi) is 5.50. The molecular weight excluding hydrogens is 310 g/mol. The molecule has 0 saturated carbocycles. The van der Waals surface area contributed by atoms with Gasteiger partial charge in [-0.05, 0) is 51.4 Å². The van der Waals surface area contributed by atoms with Gasteiger partial charge in [0, 0.05) is 29.7 Å². The molecular formula is C18H24ClN3O. The molecule has 0 aliphatic carbocycles. The molecule has 2 heterocycles. The summed E-state index contributed by atoms with van der Waals surface area (Å²) >= 11 is 0. The Morgan fingerprint density at radius 1 is 1.26 bits per heavy atom. The van der Waals surface area contributed by atoms with Crippen LogP contribution < -0.4 is 10.6 Å². The van der Waals surface area contributed by atoms with Gasteiger partial charge < -0.3 is 15.2 Å². The topological polar surface area (TPSA) is 46.1 Å². The molecule has 2 N–H and O–H groups in total. The maximum absolute atomic E-state index is 12.6. The van der Waals surface area contributed by atoms with E-state index in [4.69, 9.17) is 0 Å². The predicted octanol–water partition coefficient (Wildman–Crippen LogP) is 2.92. The van der Waals surface area contributed by atoms with E-state index in [0.717, 1.165) is 42.1 Å². The highest BCUT2D eigenvalue weighted by molar-refractivity contribution is 5.96. The Bertz CT molecular complexity index is 702.